The van der Waals surface area contributed by atoms with Crippen LogP contribution in [0.5, 0.6) is 17.4 Å². The van der Waals surface area contributed by atoms with Crippen LogP contribution < -0.4 is 14.9 Å². The molecule has 3 aromatic rings. The number of fused-ring (bicyclic) bond motifs is 1. The zero-order valence-corrected chi connectivity index (χ0v) is 12.1. The molecular formula is C17H14O5. The van der Waals surface area contributed by atoms with E-state index >= 15 is 0 Å². The summed E-state index contributed by atoms with van der Waals surface area (Å²) in [5, 5.41) is 10.5. The Balaban J connectivity index is 2.23. The largest absolute Gasteiger partial charge is 0.497 e. The average molecular weight is 298 g/mol. The van der Waals surface area contributed by atoms with Crippen LogP contribution in [0.3, 0.4) is 0 Å². The Kier molecular flexibility index (Phi) is 3.47. The summed E-state index contributed by atoms with van der Waals surface area (Å²) < 4.78 is 15.5. The molecule has 0 amide bonds. The quantitative estimate of drug-likeness (QED) is 0.804. The highest BCUT2D eigenvalue weighted by molar-refractivity contribution is 5.84. The summed E-state index contributed by atoms with van der Waals surface area (Å²) >= 11 is 0. The molecule has 0 bridgehead atoms. The van der Waals surface area contributed by atoms with Crippen molar-refractivity contribution in [3.63, 3.8) is 0 Å². The van der Waals surface area contributed by atoms with Crippen molar-refractivity contribution in [1.82, 2.24) is 0 Å². The van der Waals surface area contributed by atoms with Crippen molar-refractivity contribution in [2.45, 2.75) is 0 Å². The average Bonchev–Trinajstić information content (AvgIpc) is 2.55. The minimum atomic E-state index is -0.420. The molecule has 112 valence electrons. The fraction of sp³-hybridized carbons (Fsp3) is 0.118. The summed E-state index contributed by atoms with van der Waals surface area (Å²) in [5.41, 5.74) is 0.663. The molecule has 0 radical (unpaired) electrons. The van der Waals surface area contributed by atoms with Crippen molar-refractivity contribution >= 4 is 11.0 Å². The van der Waals surface area contributed by atoms with Crippen LogP contribution in [0.15, 0.2) is 51.7 Å². The first-order valence-corrected chi connectivity index (χ1v) is 6.62. The SMILES string of the molecule is COc1ccc(-c2c(O)oc3cc(OC)ccc3c2=O)cc1. The van der Waals surface area contributed by atoms with Gasteiger partial charge in [-0.1, -0.05) is 12.1 Å². The van der Waals surface area contributed by atoms with Gasteiger partial charge < -0.3 is 19.0 Å². The van der Waals surface area contributed by atoms with Crippen LogP contribution in [0.2, 0.25) is 0 Å². The van der Waals surface area contributed by atoms with Crippen LogP contribution >= 0.6 is 0 Å². The predicted molar refractivity (Wildman–Crippen MR) is 82.7 cm³/mol. The van der Waals surface area contributed by atoms with Gasteiger partial charge in [-0.15, -0.1) is 0 Å². The van der Waals surface area contributed by atoms with Crippen molar-refractivity contribution in [3.8, 4) is 28.6 Å². The maximum atomic E-state index is 12.6. The summed E-state index contributed by atoms with van der Waals surface area (Å²) in [4.78, 5) is 12.6. The van der Waals surface area contributed by atoms with Crippen molar-refractivity contribution in [2.75, 3.05) is 14.2 Å². The molecule has 0 saturated carbocycles. The van der Waals surface area contributed by atoms with E-state index in [0.717, 1.165) is 0 Å². The van der Waals surface area contributed by atoms with Gasteiger partial charge in [0, 0.05) is 6.07 Å². The Bertz CT molecular complexity index is 878. The maximum absolute atomic E-state index is 12.6. The number of benzene rings is 2. The number of methoxy groups -OCH3 is 2. The Morgan fingerprint density at radius 1 is 0.955 bits per heavy atom. The second-order valence-corrected chi connectivity index (χ2v) is 4.70. The highest BCUT2D eigenvalue weighted by Gasteiger charge is 2.16. The van der Waals surface area contributed by atoms with E-state index in [9.17, 15) is 9.90 Å². The smallest absolute Gasteiger partial charge is 0.294 e. The van der Waals surface area contributed by atoms with Gasteiger partial charge in [0.25, 0.3) is 5.95 Å². The summed E-state index contributed by atoms with van der Waals surface area (Å²) in [5.74, 6) is 0.793. The lowest BCUT2D eigenvalue weighted by molar-refractivity contribution is 0.341. The van der Waals surface area contributed by atoms with Crippen LogP contribution in [0.4, 0.5) is 0 Å². The van der Waals surface area contributed by atoms with Gasteiger partial charge in [0.1, 0.15) is 22.6 Å². The molecule has 1 aromatic heterocycles. The minimum absolute atomic E-state index is 0.125. The van der Waals surface area contributed by atoms with E-state index in [0.29, 0.717) is 22.4 Å². The molecule has 1 heterocycles. The molecule has 3 rings (SSSR count). The molecule has 0 fully saturated rings. The van der Waals surface area contributed by atoms with Gasteiger partial charge in [0.05, 0.1) is 19.6 Å². The van der Waals surface area contributed by atoms with E-state index in [2.05, 4.69) is 0 Å². The lowest BCUT2D eigenvalue weighted by atomic mass is 10.0. The Morgan fingerprint density at radius 3 is 2.23 bits per heavy atom. The van der Waals surface area contributed by atoms with Gasteiger partial charge in [-0.3, -0.25) is 4.79 Å². The molecule has 0 aliphatic carbocycles. The molecule has 22 heavy (non-hydrogen) atoms. The van der Waals surface area contributed by atoms with Crippen LogP contribution in [0, 0.1) is 0 Å². The molecule has 0 aliphatic rings. The van der Waals surface area contributed by atoms with Gasteiger partial charge >= 0.3 is 0 Å². The van der Waals surface area contributed by atoms with E-state index in [-0.39, 0.29) is 16.6 Å². The molecule has 0 unspecified atom stereocenters. The van der Waals surface area contributed by atoms with Gasteiger partial charge in [-0.25, -0.2) is 0 Å². The number of ether oxygens (including phenoxy) is 2. The van der Waals surface area contributed by atoms with Gasteiger partial charge in [0.15, 0.2) is 0 Å². The molecule has 0 atom stereocenters. The van der Waals surface area contributed by atoms with Crippen LogP contribution in [-0.2, 0) is 0 Å². The molecule has 2 aromatic carbocycles. The van der Waals surface area contributed by atoms with Crippen LogP contribution in [-0.4, -0.2) is 19.3 Å². The standard InChI is InChI=1S/C17H14O5/c1-20-11-5-3-10(4-6-11)15-16(18)13-8-7-12(21-2)9-14(13)22-17(15)19/h3-9,19H,1-2H3. The van der Waals surface area contributed by atoms with Crippen molar-refractivity contribution < 1.29 is 19.0 Å². The minimum Gasteiger partial charge on any atom is -0.497 e. The van der Waals surface area contributed by atoms with E-state index in [1.807, 2.05) is 0 Å². The Hall–Kier alpha value is -2.95. The Labute approximate surface area is 126 Å². The number of rotatable bonds is 3. The monoisotopic (exact) mass is 298 g/mol. The topological polar surface area (TPSA) is 68.9 Å². The fourth-order valence-corrected chi connectivity index (χ4v) is 2.30. The van der Waals surface area contributed by atoms with E-state index in [1.165, 1.54) is 7.11 Å². The number of hydrogen-bond acceptors (Lipinski definition) is 5. The molecule has 5 heteroatoms. The van der Waals surface area contributed by atoms with Crippen LogP contribution in [0.1, 0.15) is 0 Å². The second kappa shape index (κ2) is 5.44. The lowest BCUT2D eigenvalue weighted by Crippen LogP contribution is -2.05. The first kappa shape index (κ1) is 14.0. The second-order valence-electron chi connectivity index (χ2n) is 4.70. The Morgan fingerprint density at radius 2 is 1.59 bits per heavy atom. The van der Waals surface area contributed by atoms with E-state index in [1.54, 1.807) is 49.6 Å². The zero-order chi connectivity index (χ0) is 15.7. The first-order chi connectivity index (χ1) is 10.6. The number of aromatic hydroxyl groups is 1. The van der Waals surface area contributed by atoms with Gasteiger partial charge in [0.2, 0.25) is 5.43 Å². The summed E-state index contributed by atoms with van der Waals surface area (Å²) in [7, 11) is 3.08. The highest BCUT2D eigenvalue weighted by atomic mass is 16.5. The highest BCUT2D eigenvalue weighted by Crippen LogP contribution is 2.31. The number of hydrogen-bond donors (Lipinski definition) is 1. The molecule has 5 nitrogen and oxygen atoms in total. The van der Waals surface area contributed by atoms with Crippen molar-refractivity contribution in [1.29, 1.82) is 0 Å². The third kappa shape index (κ3) is 2.26. The normalized spacial score (nSPS) is 10.6. The van der Waals surface area contributed by atoms with Crippen molar-refractivity contribution in [3.05, 3.63) is 52.7 Å². The maximum Gasteiger partial charge on any atom is 0.294 e. The summed E-state index contributed by atoms with van der Waals surface area (Å²) in [6.07, 6.45) is 0. The lowest BCUT2D eigenvalue weighted by Gasteiger charge is -2.07. The van der Waals surface area contributed by atoms with Gasteiger partial charge in [-0.2, -0.15) is 0 Å². The molecular weight excluding hydrogens is 284 g/mol. The molecule has 0 aliphatic heterocycles. The summed E-state index contributed by atoms with van der Waals surface area (Å²) in [6.45, 7) is 0. The first-order valence-electron chi connectivity index (χ1n) is 6.62. The fourth-order valence-electron chi connectivity index (χ4n) is 2.30. The van der Waals surface area contributed by atoms with Gasteiger partial charge in [-0.05, 0) is 29.8 Å². The third-order valence-electron chi connectivity index (χ3n) is 3.46. The predicted octanol–water partition coefficient (Wildman–Crippen LogP) is 3.18. The third-order valence-corrected chi connectivity index (χ3v) is 3.46. The zero-order valence-electron chi connectivity index (χ0n) is 12.1. The van der Waals surface area contributed by atoms with Crippen LogP contribution in [0.25, 0.3) is 22.1 Å². The summed E-state index contributed by atoms with van der Waals surface area (Å²) in [6, 6.07) is 11.7. The van der Waals surface area contributed by atoms with Crippen molar-refractivity contribution in [2.24, 2.45) is 0 Å². The van der Waals surface area contributed by atoms with E-state index < -0.39 is 5.95 Å². The van der Waals surface area contributed by atoms with E-state index in [4.69, 9.17) is 13.9 Å². The molecule has 0 saturated heterocycles. The molecule has 0 spiro atoms. The molecule has 1 N–H and O–H groups in total.